The van der Waals surface area contributed by atoms with Gasteiger partial charge in [0.15, 0.2) is 0 Å². The molecule has 0 saturated carbocycles. The number of nitrogens with zero attached hydrogens (tertiary/aromatic N) is 3. The molecule has 0 aliphatic rings. The second-order valence-corrected chi connectivity index (χ2v) is 3.40. The minimum Gasteiger partial charge on any atom is -0.424 e. The average Bonchev–Trinajstić information content (AvgIpc) is 2.33. The minimum atomic E-state index is -0.560. The van der Waals surface area contributed by atoms with Crippen LogP contribution < -0.4 is 4.74 Å². The fourth-order valence-corrected chi connectivity index (χ4v) is 1.17. The zero-order valence-corrected chi connectivity index (χ0v) is 9.03. The third-order valence-corrected chi connectivity index (χ3v) is 2.06. The van der Waals surface area contributed by atoms with Gasteiger partial charge in [0.1, 0.15) is 18.1 Å². The molecule has 0 aliphatic heterocycles. The summed E-state index contributed by atoms with van der Waals surface area (Å²) in [6, 6.07) is 7.42. The number of aryl methyl sites for hydroxylation is 1. The Kier molecular flexibility index (Phi) is 2.95. The molecule has 0 aliphatic carbocycles. The van der Waals surface area contributed by atoms with Gasteiger partial charge in [0.2, 0.25) is 0 Å². The highest BCUT2D eigenvalue weighted by molar-refractivity contribution is 5.29. The third-order valence-electron chi connectivity index (χ3n) is 2.06. The predicted octanol–water partition coefficient (Wildman–Crippen LogP) is 2.49. The Morgan fingerprint density at radius 2 is 1.76 bits per heavy atom. The first kappa shape index (κ1) is 11.0. The summed E-state index contributed by atoms with van der Waals surface area (Å²) in [4.78, 5) is 17.3. The van der Waals surface area contributed by atoms with E-state index < -0.39 is 4.92 Å². The zero-order chi connectivity index (χ0) is 12.3. The lowest BCUT2D eigenvalue weighted by atomic mass is 10.2. The molecule has 1 aromatic heterocycles. The van der Waals surface area contributed by atoms with Crippen LogP contribution in [0.3, 0.4) is 0 Å². The molecule has 0 unspecified atom stereocenters. The van der Waals surface area contributed by atoms with Crippen LogP contribution in [0.2, 0.25) is 0 Å². The van der Waals surface area contributed by atoms with Gasteiger partial charge >= 0.3 is 11.7 Å². The summed E-state index contributed by atoms with van der Waals surface area (Å²) in [7, 11) is 0. The highest BCUT2D eigenvalue weighted by Gasteiger charge is 2.07. The number of hydrogen-bond acceptors (Lipinski definition) is 5. The molecule has 0 fully saturated rings. The van der Waals surface area contributed by atoms with Crippen molar-refractivity contribution in [2.45, 2.75) is 6.92 Å². The van der Waals surface area contributed by atoms with Gasteiger partial charge in [-0.15, -0.1) is 0 Å². The summed E-state index contributed by atoms with van der Waals surface area (Å²) in [5.74, 6) is 0.587. The second-order valence-electron chi connectivity index (χ2n) is 3.40. The van der Waals surface area contributed by atoms with Gasteiger partial charge in [-0.1, -0.05) is 17.7 Å². The van der Waals surface area contributed by atoms with Crippen LogP contribution in [0, 0.1) is 17.0 Å². The Balaban J connectivity index is 2.13. The van der Waals surface area contributed by atoms with E-state index in [0.717, 1.165) is 18.0 Å². The standard InChI is InChI=1S/C11H9N3O3/c1-8-2-4-10(5-3-8)17-11-12-6-9(7-13-11)14(15)16/h2-7H,1H3. The first-order valence-electron chi connectivity index (χ1n) is 4.86. The molecular weight excluding hydrogens is 222 g/mol. The lowest BCUT2D eigenvalue weighted by molar-refractivity contribution is -0.385. The molecule has 86 valence electrons. The maximum Gasteiger partial charge on any atom is 0.322 e. The van der Waals surface area contributed by atoms with Gasteiger partial charge in [0, 0.05) is 0 Å². The van der Waals surface area contributed by atoms with Crippen LogP contribution in [-0.4, -0.2) is 14.9 Å². The Morgan fingerprint density at radius 3 is 2.29 bits per heavy atom. The Labute approximate surface area is 97.1 Å². The first-order chi connectivity index (χ1) is 8.15. The van der Waals surface area contributed by atoms with Crippen LogP contribution in [0.15, 0.2) is 36.7 Å². The molecule has 0 bridgehead atoms. The topological polar surface area (TPSA) is 78.2 Å². The fraction of sp³-hybridized carbons (Fsp3) is 0.0909. The van der Waals surface area contributed by atoms with Gasteiger partial charge in [-0.3, -0.25) is 10.1 Å². The van der Waals surface area contributed by atoms with E-state index in [0.29, 0.717) is 5.75 Å². The largest absolute Gasteiger partial charge is 0.424 e. The van der Waals surface area contributed by atoms with E-state index in [1.165, 1.54) is 0 Å². The van der Waals surface area contributed by atoms with Crippen molar-refractivity contribution in [3.8, 4) is 11.8 Å². The zero-order valence-electron chi connectivity index (χ0n) is 9.03. The molecule has 1 heterocycles. The second kappa shape index (κ2) is 4.56. The van der Waals surface area contributed by atoms with E-state index in [4.69, 9.17) is 4.74 Å². The average molecular weight is 231 g/mol. The van der Waals surface area contributed by atoms with Crippen molar-refractivity contribution in [1.29, 1.82) is 0 Å². The quantitative estimate of drug-likeness (QED) is 0.599. The SMILES string of the molecule is Cc1ccc(Oc2ncc([N+](=O)[O-])cn2)cc1. The van der Waals surface area contributed by atoms with E-state index in [2.05, 4.69) is 9.97 Å². The molecular formula is C11H9N3O3. The third kappa shape index (κ3) is 2.75. The van der Waals surface area contributed by atoms with Gasteiger partial charge in [-0.05, 0) is 19.1 Å². The predicted molar refractivity (Wildman–Crippen MR) is 59.9 cm³/mol. The molecule has 6 nitrogen and oxygen atoms in total. The summed E-state index contributed by atoms with van der Waals surface area (Å²) in [6.07, 6.45) is 2.22. The van der Waals surface area contributed by atoms with Crippen molar-refractivity contribution in [2.75, 3.05) is 0 Å². The Hall–Kier alpha value is -2.50. The molecule has 0 radical (unpaired) electrons. The number of benzene rings is 1. The summed E-state index contributed by atoms with van der Waals surface area (Å²) < 4.78 is 5.32. The van der Waals surface area contributed by atoms with Crippen molar-refractivity contribution in [2.24, 2.45) is 0 Å². The van der Waals surface area contributed by atoms with E-state index in [1.54, 1.807) is 12.1 Å². The molecule has 0 atom stereocenters. The van der Waals surface area contributed by atoms with Gasteiger partial charge in [0.05, 0.1) is 4.92 Å². The lowest BCUT2D eigenvalue weighted by Gasteiger charge is -2.02. The molecule has 6 heteroatoms. The van der Waals surface area contributed by atoms with E-state index in [9.17, 15) is 10.1 Å². The van der Waals surface area contributed by atoms with Gasteiger partial charge in [-0.2, -0.15) is 9.97 Å². The van der Waals surface area contributed by atoms with Gasteiger partial charge in [-0.25, -0.2) is 0 Å². The van der Waals surface area contributed by atoms with Crippen molar-refractivity contribution in [3.63, 3.8) is 0 Å². The van der Waals surface area contributed by atoms with Crippen LogP contribution in [0.5, 0.6) is 11.8 Å². The molecule has 1 aromatic carbocycles. The smallest absolute Gasteiger partial charge is 0.322 e. The molecule has 2 rings (SSSR count). The molecule has 0 saturated heterocycles. The monoisotopic (exact) mass is 231 g/mol. The van der Waals surface area contributed by atoms with Gasteiger partial charge < -0.3 is 4.74 Å². The molecule has 0 N–H and O–H groups in total. The molecule has 2 aromatic rings. The highest BCUT2D eigenvalue weighted by atomic mass is 16.6. The number of hydrogen-bond donors (Lipinski definition) is 0. The van der Waals surface area contributed by atoms with Crippen molar-refractivity contribution >= 4 is 5.69 Å². The van der Waals surface area contributed by atoms with Crippen molar-refractivity contribution < 1.29 is 9.66 Å². The van der Waals surface area contributed by atoms with E-state index >= 15 is 0 Å². The fourth-order valence-electron chi connectivity index (χ4n) is 1.17. The maximum absolute atomic E-state index is 10.4. The summed E-state index contributed by atoms with van der Waals surface area (Å²) >= 11 is 0. The van der Waals surface area contributed by atoms with E-state index in [1.807, 2.05) is 19.1 Å². The van der Waals surface area contributed by atoms with Crippen LogP contribution in [0.1, 0.15) is 5.56 Å². The first-order valence-corrected chi connectivity index (χ1v) is 4.86. The van der Waals surface area contributed by atoms with E-state index in [-0.39, 0.29) is 11.7 Å². The van der Waals surface area contributed by atoms with Crippen LogP contribution in [0.25, 0.3) is 0 Å². The number of aromatic nitrogens is 2. The molecule has 0 spiro atoms. The maximum atomic E-state index is 10.4. The number of nitro groups is 1. The molecule has 17 heavy (non-hydrogen) atoms. The Bertz CT molecular complexity index is 523. The van der Waals surface area contributed by atoms with Crippen LogP contribution >= 0.6 is 0 Å². The summed E-state index contributed by atoms with van der Waals surface area (Å²) in [5, 5.41) is 10.4. The molecule has 0 amide bonds. The van der Waals surface area contributed by atoms with Crippen LogP contribution in [-0.2, 0) is 0 Å². The lowest BCUT2D eigenvalue weighted by Crippen LogP contribution is -1.94. The summed E-state index contributed by atoms with van der Waals surface area (Å²) in [6.45, 7) is 1.96. The number of rotatable bonds is 3. The van der Waals surface area contributed by atoms with Crippen molar-refractivity contribution in [1.82, 2.24) is 9.97 Å². The highest BCUT2D eigenvalue weighted by Crippen LogP contribution is 2.18. The van der Waals surface area contributed by atoms with Crippen molar-refractivity contribution in [3.05, 3.63) is 52.3 Å². The normalized spacial score (nSPS) is 9.94. The van der Waals surface area contributed by atoms with Gasteiger partial charge in [0.25, 0.3) is 0 Å². The minimum absolute atomic E-state index is 0.0828. The van der Waals surface area contributed by atoms with Crippen LogP contribution in [0.4, 0.5) is 5.69 Å². The summed E-state index contributed by atoms with van der Waals surface area (Å²) in [5.41, 5.74) is 0.947. The number of ether oxygens (including phenoxy) is 1. The Morgan fingerprint density at radius 1 is 1.18 bits per heavy atom.